The number of rotatable bonds is 5. The summed E-state index contributed by atoms with van der Waals surface area (Å²) in [6, 6.07) is 3.87. The number of Topliss-reactive ketones (excluding diaryl/α,β-unsaturated/α-hetero) is 1. The van der Waals surface area contributed by atoms with E-state index >= 15 is 0 Å². The molecule has 6 heterocycles. The van der Waals surface area contributed by atoms with Crippen molar-refractivity contribution in [3.05, 3.63) is 47.7 Å². The lowest BCUT2D eigenvalue weighted by atomic mass is 9.85. The highest BCUT2D eigenvalue weighted by Crippen LogP contribution is 2.44. The molecule has 2 aliphatic heterocycles. The topological polar surface area (TPSA) is 155 Å². The molecule has 3 atom stereocenters. The van der Waals surface area contributed by atoms with Gasteiger partial charge in [0, 0.05) is 47.2 Å². The Morgan fingerprint density at radius 1 is 1.14 bits per heavy atom. The van der Waals surface area contributed by atoms with E-state index in [0.717, 1.165) is 35.4 Å². The molecule has 0 saturated carbocycles. The van der Waals surface area contributed by atoms with Gasteiger partial charge in [0.2, 0.25) is 5.91 Å². The summed E-state index contributed by atoms with van der Waals surface area (Å²) in [7, 11) is 0. The van der Waals surface area contributed by atoms with Gasteiger partial charge in [0.05, 0.1) is 17.5 Å². The Kier molecular flexibility index (Phi) is 5.52. The van der Waals surface area contributed by atoms with Crippen molar-refractivity contribution in [2.24, 2.45) is 0 Å². The molecule has 4 aromatic heterocycles. The summed E-state index contributed by atoms with van der Waals surface area (Å²) >= 11 is 0. The molecule has 0 spiro atoms. The third-order valence-electron chi connectivity index (χ3n) is 7.63. The van der Waals surface area contributed by atoms with Gasteiger partial charge in [-0.3, -0.25) is 14.6 Å². The van der Waals surface area contributed by atoms with E-state index < -0.39 is 6.61 Å². The number of carbonyl (C=O) groups is 2. The molecular weight excluding hydrogens is 472 g/mol. The van der Waals surface area contributed by atoms with Crippen LogP contribution in [0.25, 0.3) is 28.3 Å². The number of hydrogen-bond donors (Lipinski definition) is 3. The average Bonchev–Trinajstić information content (AvgIpc) is 3.59. The number of carbonyl (C=O) groups excluding carboxylic acids is 2. The van der Waals surface area contributed by atoms with Crippen LogP contribution in [0.15, 0.2) is 30.7 Å². The number of nitrogens with zero attached hydrogens (tertiary/aromatic N) is 6. The molecule has 0 unspecified atom stereocenters. The van der Waals surface area contributed by atoms with Gasteiger partial charge in [-0.25, -0.2) is 9.97 Å². The monoisotopic (exact) mass is 500 g/mol. The number of aliphatic hydroxyl groups is 1. The smallest absolute Gasteiger partial charge is 0.248 e. The third-order valence-corrected chi connectivity index (χ3v) is 7.63. The molecule has 2 aliphatic rings. The number of piperidine rings is 1. The van der Waals surface area contributed by atoms with Crippen LogP contribution in [-0.2, 0) is 4.79 Å². The first-order valence-electron chi connectivity index (χ1n) is 12.4. The van der Waals surface area contributed by atoms with Crippen LogP contribution in [0.4, 0.5) is 5.82 Å². The fourth-order valence-electron chi connectivity index (χ4n) is 6.02. The molecule has 0 aromatic carbocycles. The molecular formula is C26H28N8O3. The number of pyridine rings is 1. The third kappa shape index (κ3) is 3.77. The maximum Gasteiger partial charge on any atom is 0.248 e. The zero-order valence-corrected chi connectivity index (χ0v) is 20.7. The van der Waals surface area contributed by atoms with E-state index in [1.165, 1.54) is 11.4 Å². The largest absolute Gasteiger partial charge is 0.387 e. The molecule has 4 aromatic rings. The van der Waals surface area contributed by atoms with Crippen LogP contribution < -0.4 is 5.73 Å². The number of nitrogen functional groups attached to an aromatic ring is 1. The predicted octanol–water partition coefficient (Wildman–Crippen LogP) is 2.50. The number of aliphatic hydroxyl groups excluding tert-OH is 1. The Hall–Kier alpha value is -4.12. The first-order valence-corrected chi connectivity index (χ1v) is 12.4. The van der Waals surface area contributed by atoms with Gasteiger partial charge in [-0.2, -0.15) is 9.61 Å². The van der Waals surface area contributed by atoms with Gasteiger partial charge < -0.3 is 20.7 Å². The number of H-pyrrole nitrogens is 1. The van der Waals surface area contributed by atoms with Crippen LogP contribution in [0.2, 0.25) is 0 Å². The number of nitrogens with one attached hydrogen (secondary N) is 1. The Morgan fingerprint density at radius 3 is 2.49 bits per heavy atom. The number of aromatic amines is 1. The van der Waals surface area contributed by atoms with Gasteiger partial charge in [-0.15, -0.1) is 0 Å². The lowest BCUT2D eigenvalue weighted by molar-refractivity contribution is -0.138. The van der Waals surface area contributed by atoms with E-state index in [1.54, 1.807) is 18.6 Å². The van der Waals surface area contributed by atoms with E-state index in [2.05, 4.69) is 20.1 Å². The second kappa shape index (κ2) is 8.77. The summed E-state index contributed by atoms with van der Waals surface area (Å²) in [5.41, 5.74) is 11.4. The predicted molar refractivity (Wildman–Crippen MR) is 136 cm³/mol. The van der Waals surface area contributed by atoms with E-state index in [9.17, 15) is 14.7 Å². The minimum atomic E-state index is -0.487. The molecule has 1 amide bonds. The van der Waals surface area contributed by atoms with Gasteiger partial charge >= 0.3 is 0 Å². The Bertz CT molecular complexity index is 1510. The summed E-state index contributed by atoms with van der Waals surface area (Å²) in [6.07, 6.45) is 8.30. The number of nitrogens with two attached hydrogens (primary N) is 1. The van der Waals surface area contributed by atoms with Crippen LogP contribution in [0.5, 0.6) is 0 Å². The van der Waals surface area contributed by atoms with Crippen LogP contribution in [-0.4, -0.2) is 69.9 Å². The van der Waals surface area contributed by atoms with E-state index in [0.29, 0.717) is 35.6 Å². The molecule has 11 heteroatoms. The molecule has 190 valence electrons. The standard InChI is InChI=1S/C26H28N8O3/c1-13-9-29-25(31-13)20-6-3-15(10-28-20)19-11-30-34-24(27)22(14(2)36)23(32-26(19)34)16-7-17-4-5-18(8-16)33(17)21(37)12-35/h3,6,9-11,16-18,35H,4-5,7-8,12,27H2,1-2H3,(H,29,31)/t16-,17-,18+. The number of fused-ring (bicyclic) bond motifs is 3. The van der Waals surface area contributed by atoms with Crippen LogP contribution >= 0.6 is 0 Å². The number of amides is 1. The number of imidazole rings is 1. The molecule has 0 aliphatic carbocycles. The summed E-state index contributed by atoms with van der Waals surface area (Å²) in [5, 5.41) is 13.9. The number of hydrogen-bond acceptors (Lipinski definition) is 8. The maximum absolute atomic E-state index is 12.7. The molecule has 0 radical (unpaired) electrons. The number of anilines is 1. The highest BCUT2D eigenvalue weighted by Gasteiger charge is 2.44. The van der Waals surface area contributed by atoms with Gasteiger partial charge in [0.15, 0.2) is 17.3 Å². The first-order chi connectivity index (χ1) is 17.9. The minimum Gasteiger partial charge on any atom is -0.387 e. The normalized spacial score (nSPS) is 21.1. The second-order valence-corrected chi connectivity index (χ2v) is 9.97. The van der Waals surface area contributed by atoms with Crippen molar-refractivity contribution in [1.29, 1.82) is 0 Å². The van der Waals surface area contributed by atoms with E-state index in [-0.39, 0.29) is 35.5 Å². The van der Waals surface area contributed by atoms with Crippen molar-refractivity contribution < 1.29 is 14.7 Å². The SMILES string of the molecule is CC(=O)c1c([C@@H]2C[C@H]3CC[C@@H](C2)N3C(=O)CO)nc2c(-c3ccc(-c4ncc(C)[nH]4)nc3)cnn2c1N. The lowest BCUT2D eigenvalue weighted by Crippen LogP contribution is -2.47. The van der Waals surface area contributed by atoms with Crippen LogP contribution in [0.1, 0.15) is 60.3 Å². The van der Waals surface area contributed by atoms with E-state index in [4.69, 9.17) is 10.7 Å². The molecule has 2 fully saturated rings. The fraction of sp³-hybridized carbons (Fsp3) is 0.385. The molecule has 11 nitrogen and oxygen atoms in total. The molecule has 2 bridgehead atoms. The summed E-state index contributed by atoms with van der Waals surface area (Å²) in [6.45, 7) is 2.94. The van der Waals surface area contributed by atoms with Crippen molar-refractivity contribution in [1.82, 2.24) is 34.4 Å². The van der Waals surface area contributed by atoms with Crippen LogP contribution in [0.3, 0.4) is 0 Å². The summed E-state index contributed by atoms with van der Waals surface area (Å²) in [5.74, 6) is 0.520. The minimum absolute atomic E-state index is 0.0221. The van der Waals surface area contributed by atoms with Gasteiger partial charge in [-0.05, 0) is 45.6 Å². The first kappa shape index (κ1) is 23.3. The van der Waals surface area contributed by atoms with Crippen molar-refractivity contribution in [2.75, 3.05) is 12.3 Å². The van der Waals surface area contributed by atoms with E-state index in [1.807, 2.05) is 24.0 Å². The molecule has 2 saturated heterocycles. The van der Waals surface area contributed by atoms with Gasteiger partial charge in [0.25, 0.3) is 0 Å². The fourth-order valence-corrected chi connectivity index (χ4v) is 6.02. The molecule has 6 rings (SSSR count). The van der Waals surface area contributed by atoms with Crippen LogP contribution in [0, 0.1) is 6.92 Å². The van der Waals surface area contributed by atoms with Gasteiger partial charge in [0.1, 0.15) is 18.1 Å². The summed E-state index contributed by atoms with van der Waals surface area (Å²) < 4.78 is 1.51. The molecule has 37 heavy (non-hydrogen) atoms. The quantitative estimate of drug-likeness (QED) is 0.353. The van der Waals surface area contributed by atoms with Gasteiger partial charge in [-0.1, -0.05) is 6.07 Å². The second-order valence-electron chi connectivity index (χ2n) is 9.97. The number of ketones is 1. The number of aryl methyl sites for hydroxylation is 1. The van der Waals surface area contributed by atoms with Crippen molar-refractivity contribution in [3.8, 4) is 22.6 Å². The highest BCUT2D eigenvalue weighted by atomic mass is 16.3. The molecule has 4 N–H and O–H groups in total. The van der Waals surface area contributed by atoms with Crippen molar-refractivity contribution in [3.63, 3.8) is 0 Å². The zero-order chi connectivity index (χ0) is 25.8. The highest BCUT2D eigenvalue weighted by molar-refractivity contribution is 6.00. The Balaban J connectivity index is 1.41. The van der Waals surface area contributed by atoms with Crippen molar-refractivity contribution >= 4 is 23.2 Å². The lowest BCUT2D eigenvalue weighted by Gasteiger charge is -2.39. The van der Waals surface area contributed by atoms with Crippen molar-refractivity contribution in [2.45, 2.75) is 57.5 Å². The Morgan fingerprint density at radius 2 is 1.89 bits per heavy atom. The number of aromatic nitrogens is 6. The summed E-state index contributed by atoms with van der Waals surface area (Å²) in [4.78, 5) is 44.0. The Labute approximate surface area is 212 Å². The average molecular weight is 501 g/mol. The maximum atomic E-state index is 12.7. The zero-order valence-electron chi connectivity index (χ0n) is 20.7.